The standard InChI is InChI=1S/C16H18N2O2/c1-11(19)17-9-7-16-15-10-14(20-13-4-5-13)3-2-12(15)6-8-18-16/h2-3,6,8,10,13H,4-5,7,9H2,1H3,(H,17,19). The molecule has 1 heterocycles. The van der Waals surface area contributed by atoms with Crippen LogP contribution in [0.5, 0.6) is 5.75 Å². The van der Waals surface area contributed by atoms with E-state index < -0.39 is 0 Å². The Labute approximate surface area is 118 Å². The minimum absolute atomic E-state index is 0.0111. The van der Waals surface area contributed by atoms with Gasteiger partial charge in [0.05, 0.1) is 11.8 Å². The van der Waals surface area contributed by atoms with Crippen LogP contribution in [0.2, 0.25) is 0 Å². The van der Waals surface area contributed by atoms with E-state index in [-0.39, 0.29) is 5.91 Å². The van der Waals surface area contributed by atoms with Gasteiger partial charge in [-0.2, -0.15) is 0 Å². The third-order valence-corrected chi connectivity index (χ3v) is 3.38. The quantitative estimate of drug-likeness (QED) is 0.908. The molecule has 1 N–H and O–H groups in total. The minimum Gasteiger partial charge on any atom is -0.490 e. The minimum atomic E-state index is -0.0111. The van der Waals surface area contributed by atoms with Crippen LogP contribution in [0.1, 0.15) is 25.5 Å². The molecule has 2 aromatic rings. The zero-order valence-corrected chi connectivity index (χ0v) is 11.6. The average molecular weight is 270 g/mol. The first-order chi connectivity index (χ1) is 9.72. The molecule has 0 unspecified atom stereocenters. The van der Waals surface area contributed by atoms with Crippen molar-refractivity contribution in [1.82, 2.24) is 10.3 Å². The van der Waals surface area contributed by atoms with Crippen molar-refractivity contribution in [3.05, 3.63) is 36.2 Å². The zero-order chi connectivity index (χ0) is 13.9. The molecule has 0 spiro atoms. The van der Waals surface area contributed by atoms with Gasteiger partial charge in [-0.1, -0.05) is 6.07 Å². The van der Waals surface area contributed by atoms with Gasteiger partial charge in [-0.25, -0.2) is 0 Å². The van der Waals surface area contributed by atoms with Crippen LogP contribution in [0.25, 0.3) is 10.8 Å². The molecule has 4 nitrogen and oxygen atoms in total. The van der Waals surface area contributed by atoms with Gasteiger partial charge >= 0.3 is 0 Å². The second kappa shape index (κ2) is 5.49. The lowest BCUT2D eigenvalue weighted by atomic mass is 10.1. The molecule has 0 bridgehead atoms. The molecule has 0 saturated heterocycles. The van der Waals surface area contributed by atoms with Crippen LogP contribution in [0.15, 0.2) is 30.5 Å². The number of nitrogens with one attached hydrogen (secondary N) is 1. The lowest BCUT2D eigenvalue weighted by Gasteiger charge is -2.09. The molecule has 0 atom stereocenters. The molecule has 1 saturated carbocycles. The summed E-state index contributed by atoms with van der Waals surface area (Å²) in [6.07, 6.45) is 5.24. The number of fused-ring (bicyclic) bond motifs is 1. The van der Waals surface area contributed by atoms with Crippen LogP contribution in [0.3, 0.4) is 0 Å². The molecule has 1 aromatic carbocycles. The van der Waals surface area contributed by atoms with E-state index in [1.165, 1.54) is 6.92 Å². The van der Waals surface area contributed by atoms with Crippen LogP contribution in [-0.2, 0) is 11.2 Å². The van der Waals surface area contributed by atoms with E-state index in [0.29, 0.717) is 12.6 Å². The number of rotatable bonds is 5. The molecule has 0 radical (unpaired) electrons. The molecule has 0 aliphatic heterocycles. The number of aromatic nitrogens is 1. The third-order valence-electron chi connectivity index (χ3n) is 3.38. The summed E-state index contributed by atoms with van der Waals surface area (Å²) in [5.74, 6) is 0.900. The lowest BCUT2D eigenvalue weighted by molar-refractivity contribution is -0.118. The second-order valence-electron chi connectivity index (χ2n) is 5.19. The van der Waals surface area contributed by atoms with E-state index in [0.717, 1.165) is 41.5 Å². The average Bonchev–Trinajstić information content (AvgIpc) is 3.23. The molecule has 4 heteroatoms. The zero-order valence-electron chi connectivity index (χ0n) is 11.6. The van der Waals surface area contributed by atoms with Crippen LogP contribution in [0.4, 0.5) is 0 Å². The number of ether oxygens (including phenoxy) is 1. The lowest BCUT2D eigenvalue weighted by Crippen LogP contribution is -2.22. The summed E-state index contributed by atoms with van der Waals surface area (Å²) >= 11 is 0. The van der Waals surface area contributed by atoms with Crippen molar-refractivity contribution in [2.24, 2.45) is 0 Å². The van der Waals surface area contributed by atoms with Gasteiger partial charge in [0.1, 0.15) is 5.75 Å². The van der Waals surface area contributed by atoms with Crippen molar-refractivity contribution in [3.63, 3.8) is 0 Å². The molecule has 1 aliphatic carbocycles. The van der Waals surface area contributed by atoms with Gasteiger partial charge in [0, 0.05) is 31.5 Å². The SMILES string of the molecule is CC(=O)NCCc1nccc2ccc(OC3CC3)cc12. The fraction of sp³-hybridized carbons (Fsp3) is 0.375. The molecule has 104 valence electrons. The smallest absolute Gasteiger partial charge is 0.216 e. The Balaban J connectivity index is 1.83. The van der Waals surface area contributed by atoms with Crippen molar-refractivity contribution in [2.45, 2.75) is 32.3 Å². The number of amides is 1. The first-order valence-electron chi connectivity index (χ1n) is 7.01. The molecular weight excluding hydrogens is 252 g/mol. The van der Waals surface area contributed by atoms with E-state index in [4.69, 9.17) is 4.74 Å². The summed E-state index contributed by atoms with van der Waals surface area (Å²) in [5.41, 5.74) is 0.998. The molecule has 3 rings (SSSR count). The van der Waals surface area contributed by atoms with Crippen LogP contribution in [0, 0.1) is 0 Å². The summed E-state index contributed by atoms with van der Waals surface area (Å²) in [6.45, 7) is 2.13. The molecule has 1 amide bonds. The van der Waals surface area contributed by atoms with E-state index >= 15 is 0 Å². The second-order valence-corrected chi connectivity index (χ2v) is 5.19. The Kier molecular flexibility index (Phi) is 3.54. The summed E-state index contributed by atoms with van der Waals surface area (Å²) in [4.78, 5) is 15.4. The highest BCUT2D eigenvalue weighted by molar-refractivity contribution is 5.85. The molecule has 20 heavy (non-hydrogen) atoms. The van der Waals surface area contributed by atoms with Gasteiger partial charge in [0.15, 0.2) is 0 Å². The topological polar surface area (TPSA) is 51.2 Å². The maximum Gasteiger partial charge on any atom is 0.216 e. The van der Waals surface area contributed by atoms with Gasteiger partial charge < -0.3 is 10.1 Å². The monoisotopic (exact) mass is 270 g/mol. The summed E-state index contributed by atoms with van der Waals surface area (Å²) in [6, 6.07) is 8.14. The van der Waals surface area contributed by atoms with Gasteiger partial charge in [-0.3, -0.25) is 9.78 Å². The van der Waals surface area contributed by atoms with Gasteiger partial charge in [0.25, 0.3) is 0 Å². The Morgan fingerprint density at radius 3 is 3.00 bits per heavy atom. The Hall–Kier alpha value is -2.10. The van der Waals surface area contributed by atoms with E-state index in [1.807, 2.05) is 18.3 Å². The van der Waals surface area contributed by atoms with E-state index in [9.17, 15) is 4.79 Å². The largest absolute Gasteiger partial charge is 0.490 e. The fourth-order valence-corrected chi connectivity index (χ4v) is 2.22. The highest BCUT2D eigenvalue weighted by Crippen LogP contribution is 2.29. The van der Waals surface area contributed by atoms with Crippen molar-refractivity contribution in [1.29, 1.82) is 0 Å². The Morgan fingerprint density at radius 2 is 2.25 bits per heavy atom. The van der Waals surface area contributed by atoms with Crippen LogP contribution < -0.4 is 10.1 Å². The summed E-state index contributed by atoms with van der Waals surface area (Å²) < 4.78 is 5.83. The Bertz CT molecular complexity index is 635. The van der Waals surface area contributed by atoms with Crippen LogP contribution >= 0.6 is 0 Å². The molecule has 1 aliphatic rings. The number of nitrogens with zero attached hydrogens (tertiary/aromatic N) is 1. The van der Waals surface area contributed by atoms with Crippen LogP contribution in [-0.4, -0.2) is 23.5 Å². The van der Waals surface area contributed by atoms with Crippen molar-refractivity contribution in [3.8, 4) is 5.75 Å². The Morgan fingerprint density at radius 1 is 1.40 bits per heavy atom. The predicted molar refractivity (Wildman–Crippen MR) is 77.8 cm³/mol. The highest BCUT2D eigenvalue weighted by atomic mass is 16.5. The maximum atomic E-state index is 10.9. The third kappa shape index (κ3) is 3.07. The van der Waals surface area contributed by atoms with Crippen molar-refractivity contribution in [2.75, 3.05) is 6.54 Å². The normalized spacial score (nSPS) is 14.2. The predicted octanol–water partition coefficient (Wildman–Crippen LogP) is 2.45. The van der Waals surface area contributed by atoms with E-state index in [2.05, 4.69) is 22.4 Å². The molecular formula is C16H18N2O2. The van der Waals surface area contributed by atoms with E-state index in [1.54, 1.807) is 0 Å². The number of benzene rings is 1. The van der Waals surface area contributed by atoms with Gasteiger partial charge in [0.2, 0.25) is 5.91 Å². The number of hydrogen-bond acceptors (Lipinski definition) is 3. The molecule has 1 fully saturated rings. The first kappa shape index (κ1) is 12.9. The fourth-order valence-electron chi connectivity index (χ4n) is 2.22. The molecule has 1 aromatic heterocycles. The van der Waals surface area contributed by atoms with Crippen molar-refractivity contribution >= 4 is 16.7 Å². The van der Waals surface area contributed by atoms with Gasteiger partial charge in [-0.15, -0.1) is 0 Å². The van der Waals surface area contributed by atoms with Gasteiger partial charge in [-0.05, 0) is 36.4 Å². The maximum absolute atomic E-state index is 10.9. The van der Waals surface area contributed by atoms with Crippen molar-refractivity contribution < 1.29 is 9.53 Å². The number of carbonyl (C=O) groups excluding carboxylic acids is 1. The first-order valence-corrected chi connectivity index (χ1v) is 7.01. The summed E-state index contributed by atoms with van der Waals surface area (Å²) in [5, 5.41) is 5.07. The number of carbonyl (C=O) groups is 1. The number of pyridine rings is 1. The summed E-state index contributed by atoms with van der Waals surface area (Å²) in [7, 11) is 0. The highest BCUT2D eigenvalue weighted by Gasteiger charge is 2.23. The number of hydrogen-bond donors (Lipinski definition) is 1.